The normalized spacial score (nSPS) is 25.2. The molecule has 1 atom stereocenters. The highest BCUT2D eigenvalue weighted by Crippen LogP contribution is 2.23. The number of aromatic nitrogens is 2. The van der Waals surface area contributed by atoms with Crippen LogP contribution >= 0.6 is 0 Å². The number of hydrogen-bond acceptors (Lipinski definition) is 6. The van der Waals surface area contributed by atoms with Crippen LogP contribution in [0.15, 0.2) is 17.4 Å². The summed E-state index contributed by atoms with van der Waals surface area (Å²) in [6.07, 6.45) is 3.20. The van der Waals surface area contributed by atoms with Gasteiger partial charge in [0.25, 0.3) is 0 Å². The van der Waals surface area contributed by atoms with Gasteiger partial charge >= 0.3 is 0 Å². The number of amidine groups is 1. The van der Waals surface area contributed by atoms with Crippen LogP contribution in [0.25, 0.3) is 0 Å². The molecule has 1 aliphatic heterocycles. The largest absolute Gasteiger partial charge is 0.409 e. The van der Waals surface area contributed by atoms with Crippen LogP contribution in [0.4, 0.5) is 5.95 Å². The lowest BCUT2D eigenvalue weighted by molar-refractivity contribution is 0.0444. The maximum Gasteiger partial charge on any atom is 0.226 e. The van der Waals surface area contributed by atoms with E-state index in [4.69, 9.17) is 10.9 Å². The smallest absolute Gasteiger partial charge is 0.226 e. The van der Waals surface area contributed by atoms with Crippen molar-refractivity contribution in [1.82, 2.24) is 9.97 Å². The molecule has 0 radical (unpaired) electrons. The quantitative estimate of drug-likeness (QED) is 0.294. The third-order valence-corrected chi connectivity index (χ3v) is 2.97. The van der Waals surface area contributed by atoms with Gasteiger partial charge in [-0.25, -0.2) is 9.97 Å². The highest BCUT2D eigenvalue weighted by Gasteiger charge is 2.29. The summed E-state index contributed by atoms with van der Waals surface area (Å²) >= 11 is 0. The molecule has 0 saturated carbocycles. The van der Waals surface area contributed by atoms with Crippen molar-refractivity contribution >= 4 is 11.8 Å². The zero-order valence-corrected chi connectivity index (χ0v) is 10.2. The molecular formula is C11H17N5O2. The number of rotatable bonds is 2. The van der Waals surface area contributed by atoms with Gasteiger partial charge in [-0.2, -0.15) is 0 Å². The third kappa shape index (κ3) is 2.67. The number of aliphatic hydroxyl groups is 1. The second kappa shape index (κ2) is 4.77. The maximum atomic E-state index is 10.0. The first kappa shape index (κ1) is 12.6. The molecule has 1 aromatic heterocycles. The van der Waals surface area contributed by atoms with Crippen molar-refractivity contribution in [3.05, 3.63) is 18.0 Å². The van der Waals surface area contributed by atoms with Gasteiger partial charge in [-0.15, -0.1) is 0 Å². The highest BCUT2D eigenvalue weighted by molar-refractivity contribution is 5.95. The van der Waals surface area contributed by atoms with Gasteiger partial charge in [0, 0.05) is 19.3 Å². The summed E-state index contributed by atoms with van der Waals surface area (Å²) in [5.74, 6) is 0.432. The second-order valence-corrected chi connectivity index (χ2v) is 4.75. The molecule has 4 N–H and O–H groups in total. The number of β-amino-alcohol motifs (C(OH)–C–C–N with tert-alkyl or cyclic N) is 1. The van der Waals surface area contributed by atoms with Gasteiger partial charge in [0.2, 0.25) is 5.95 Å². The molecule has 1 fully saturated rings. The van der Waals surface area contributed by atoms with Crippen molar-refractivity contribution in [2.75, 3.05) is 18.0 Å². The first-order chi connectivity index (χ1) is 8.52. The van der Waals surface area contributed by atoms with Crippen molar-refractivity contribution in [3.63, 3.8) is 0 Å². The van der Waals surface area contributed by atoms with Gasteiger partial charge in [-0.05, 0) is 25.8 Å². The molecule has 2 rings (SSSR count). The molecule has 0 aliphatic carbocycles. The van der Waals surface area contributed by atoms with E-state index < -0.39 is 5.60 Å². The molecular weight excluding hydrogens is 234 g/mol. The van der Waals surface area contributed by atoms with Crippen LogP contribution in [-0.2, 0) is 0 Å². The average Bonchev–Trinajstić information content (AvgIpc) is 2.37. The number of oxime groups is 1. The average molecular weight is 251 g/mol. The molecule has 2 heterocycles. The van der Waals surface area contributed by atoms with E-state index in [0.29, 0.717) is 18.2 Å². The van der Waals surface area contributed by atoms with E-state index in [1.165, 1.54) is 0 Å². The Bertz CT molecular complexity index is 461. The zero-order valence-electron chi connectivity index (χ0n) is 10.2. The number of nitrogens with zero attached hydrogens (tertiary/aromatic N) is 4. The number of piperidine rings is 1. The maximum absolute atomic E-state index is 10.0. The molecule has 0 bridgehead atoms. The van der Waals surface area contributed by atoms with Gasteiger partial charge in [0.1, 0.15) is 5.69 Å². The van der Waals surface area contributed by atoms with Gasteiger partial charge < -0.3 is 20.9 Å². The molecule has 1 saturated heterocycles. The standard InChI is InChI=1S/C11H17N5O2/c1-11(17)4-2-6-16(7-11)10-13-5-3-8(14-10)9(12)15-18/h3,5,17-18H,2,4,6-7H2,1H3,(H2,12,15). The number of hydrogen-bond donors (Lipinski definition) is 3. The Kier molecular flexibility index (Phi) is 3.33. The van der Waals surface area contributed by atoms with Crippen molar-refractivity contribution in [1.29, 1.82) is 0 Å². The molecule has 1 aromatic rings. The van der Waals surface area contributed by atoms with Crippen LogP contribution < -0.4 is 10.6 Å². The van der Waals surface area contributed by atoms with Crippen molar-refractivity contribution in [3.8, 4) is 0 Å². The minimum atomic E-state index is -0.728. The van der Waals surface area contributed by atoms with Crippen molar-refractivity contribution in [2.45, 2.75) is 25.4 Å². The van der Waals surface area contributed by atoms with Crippen LogP contribution in [0, 0.1) is 0 Å². The topological polar surface area (TPSA) is 108 Å². The first-order valence-corrected chi connectivity index (χ1v) is 5.80. The lowest BCUT2D eigenvalue weighted by atomic mass is 9.95. The minimum absolute atomic E-state index is 0.0533. The second-order valence-electron chi connectivity index (χ2n) is 4.75. The van der Waals surface area contributed by atoms with E-state index in [1.807, 2.05) is 4.90 Å². The van der Waals surface area contributed by atoms with Crippen LogP contribution in [0.2, 0.25) is 0 Å². The highest BCUT2D eigenvalue weighted by atomic mass is 16.4. The lowest BCUT2D eigenvalue weighted by Crippen LogP contribution is -2.46. The van der Waals surface area contributed by atoms with Crippen molar-refractivity contribution in [2.24, 2.45) is 10.9 Å². The molecule has 0 amide bonds. The SMILES string of the molecule is CC1(O)CCCN(c2nccc(/C(N)=N/O)n2)C1. The molecule has 18 heavy (non-hydrogen) atoms. The fourth-order valence-corrected chi connectivity index (χ4v) is 2.09. The Morgan fingerprint density at radius 1 is 1.61 bits per heavy atom. The van der Waals surface area contributed by atoms with Crippen molar-refractivity contribution < 1.29 is 10.3 Å². The molecule has 7 heteroatoms. The summed E-state index contributed by atoms with van der Waals surface area (Å²) in [5, 5.41) is 21.6. The zero-order chi connectivity index (χ0) is 13.2. The fraction of sp³-hybridized carbons (Fsp3) is 0.545. The first-order valence-electron chi connectivity index (χ1n) is 5.80. The molecule has 0 aromatic carbocycles. The molecule has 7 nitrogen and oxygen atoms in total. The van der Waals surface area contributed by atoms with E-state index in [1.54, 1.807) is 19.2 Å². The molecule has 1 aliphatic rings. The minimum Gasteiger partial charge on any atom is -0.409 e. The summed E-state index contributed by atoms with van der Waals surface area (Å²) in [4.78, 5) is 10.3. The van der Waals surface area contributed by atoms with E-state index in [2.05, 4.69) is 15.1 Å². The Hall–Kier alpha value is -1.89. The summed E-state index contributed by atoms with van der Waals surface area (Å²) in [6, 6.07) is 1.57. The fourth-order valence-electron chi connectivity index (χ4n) is 2.09. The summed E-state index contributed by atoms with van der Waals surface area (Å²) in [7, 11) is 0. The van der Waals surface area contributed by atoms with E-state index >= 15 is 0 Å². The van der Waals surface area contributed by atoms with Crippen LogP contribution in [0.5, 0.6) is 0 Å². The van der Waals surface area contributed by atoms with Crippen LogP contribution in [-0.4, -0.2) is 44.8 Å². The van der Waals surface area contributed by atoms with E-state index in [0.717, 1.165) is 19.4 Å². The number of nitrogens with two attached hydrogens (primary N) is 1. The third-order valence-electron chi connectivity index (χ3n) is 2.97. The van der Waals surface area contributed by atoms with Gasteiger partial charge in [-0.3, -0.25) is 0 Å². The molecule has 98 valence electrons. The van der Waals surface area contributed by atoms with E-state index in [9.17, 15) is 5.11 Å². The Morgan fingerprint density at radius 2 is 2.39 bits per heavy atom. The van der Waals surface area contributed by atoms with Gasteiger partial charge in [0.15, 0.2) is 5.84 Å². The predicted octanol–water partition coefficient (Wildman–Crippen LogP) is -0.0777. The predicted molar refractivity (Wildman–Crippen MR) is 66.6 cm³/mol. The number of anilines is 1. The Balaban J connectivity index is 2.23. The van der Waals surface area contributed by atoms with E-state index in [-0.39, 0.29) is 5.84 Å². The molecule has 1 unspecified atom stereocenters. The van der Waals surface area contributed by atoms with Crippen LogP contribution in [0.3, 0.4) is 0 Å². The summed E-state index contributed by atoms with van der Waals surface area (Å²) < 4.78 is 0. The summed E-state index contributed by atoms with van der Waals surface area (Å²) in [6.45, 7) is 3.06. The Labute approximate surface area is 105 Å². The monoisotopic (exact) mass is 251 g/mol. The van der Waals surface area contributed by atoms with Gasteiger partial charge in [-0.1, -0.05) is 5.16 Å². The van der Waals surface area contributed by atoms with Gasteiger partial charge in [0.05, 0.1) is 5.60 Å². The van der Waals surface area contributed by atoms with Crippen LogP contribution in [0.1, 0.15) is 25.5 Å². The molecule has 0 spiro atoms. The summed E-state index contributed by atoms with van der Waals surface area (Å²) in [5.41, 5.74) is 5.13. The Morgan fingerprint density at radius 3 is 3.06 bits per heavy atom. The lowest BCUT2D eigenvalue weighted by Gasteiger charge is -2.36.